The largest absolute Gasteiger partial charge is 0.388 e. The van der Waals surface area contributed by atoms with E-state index in [1.54, 1.807) is 0 Å². The zero-order valence-electron chi connectivity index (χ0n) is 6.01. The highest BCUT2D eigenvalue weighted by molar-refractivity contribution is 7.66. The molecule has 0 aromatic rings. The van der Waals surface area contributed by atoms with Crippen LogP contribution in [0, 0.1) is 0 Å². The van der Waals surface area contributed by atoms with Crippen LogP contribution in [-0.4, -0.2) is 21.4 Å². The zero-order chi connectivity index (χ0) is 9.12. The summed E-state index contributed by atoms with van der Waals surface area (Å²) in [6.45, 7) is 1.85. The molecule has 0 aliphatic rings. The molecule has 0 fully saturated rings. The maximum atomic E-state index is 11.6. The number of halogens is 5. The van der Waals surface area contributed by atoms with Crippen LogP contribution in [-0.2, 0) is 0 Å². The summed E-state index contributed by atoms with van der Waals surface area (Å²) in [5.41, 5.74) is 0. The molecule has 7 heteroatoms. The van der Waals surface area contributed by atoms with Gasteiger partial charge in [0.2, 0.25) is 6.21 Å². The monoisotopic (exact) mass is 240 g/mol. The molecule has 0 aliphatic carbocycles. The Kier molecular flexibility index (Phi) is 4.46. The standard InChI is InChI=1S/C4H9Cl2F3Si2/c1-10-11(5,6)3-2-4(7,8)9/h2-3,10H2,1H3. The van der Waals surface area contributed by atoms with Gasteiger partial charge in [-0.1, -0.05) is 6.55 Å². The molecule has 0 aromatic heterocycles. The Labute approximate surface area is 76.1 Å². The van der Waals surface area contributed by atoms with Crippen LogP contribution >= 0.6 is 22.2 Å². The second-order valence-electron chi connectivity index (χ2n) is 2.32. The Morgan fingerprint density at radius 3 is 2.09 bits per heavy atom. The molecule has 68 valence electrons. The van der Waals surface area contributed by atoms with E-state index < -0.39 is 27.8 Å². The molecule has 0 heterocycles. The van der Waals surface area contributed by atoms with Crippen molar-refractivity contribution in [3.05, 3.63) is 0 Å². The lowest BCUT2D eigenvalue weighted by atomic mass is 10.5. The van der Waals surface area contributed by atoms with Crippen molar-refractivity contribution in [2.24, 2.45) is 0 Å². The van der Waals surface area contributed by atoms with E-state index in [1.807, 2.05) is 6.55 Å². The van der Waals surface area contributed by atoms with E-state index in [2.05, 4.69) is 0 Å². The van der Waals surface area contributed by atoms with Gasteiger partial charge in [0.25, 0.3) is 0 Å². The minimum atomic E-state index is -4.11. The summed E-state index contributed by atoms with van der Waals surface area (Å²) < 4.78 is 34.9. The van der Waals surface area contributed by atoms with E-state index >= 15 is 0 Å². The van der Waals surface area contributed by atoms with Gasteiger partial charge in [-0.25, -0.2) is 0 Å². The van der Waals surface area contributed by atoms with Gasteiger partial charge in [-0.15, -0.1) is 0 Å². The number of hydrogen-bond donors (Lipinski definition) is 0. The Morgan fingerprint density at radius 2 is 1.82 bits per heavy atom. The smallest absolute Gasteiger partial charge is 0.171 e. The third-order valence-electron chi connectivity index (χ3n) is 1.29. The van der Waals surface area contributed by atoms with Crippen molar-refractivity contribution in [2.45, 2.75) is 25.2 Å². The molecule has 0 saturated heterocycles. The van der Waals surface area contributed by atoms with Crippen molar-refractivity contribution >= 4 is 37.4 Å². The van der Waals surface area contributed by atoms with Crippen LogP contribution in [0.5, 0.6) is 0 Å². The Morgan fingerprint density at radius 1 is 1.36 bits per heavy atom. The zero-order valence-corrected chi connectivity index (χ0v) is 9.94. The van der Waals surface area contributed by atoms with Crippen LogP contribution in [0.2, 0.25) is 12.6 Å². The minimum absolute atomic E-state index is 0.0394. The molecule has 0 rings (SSSR count). The van der Waals surface area contributed by atoms with Crippen molar-refractivity contribution in [2.75, 3.05) is 0 Å². The first kappa shape index (κ1) is 11.8. The quantitative estimate of drug-likeness (QED) is 0.526. The van der Waals surface area contributed by atoms with Crippen LogP contribution in [0.1, 0.15) is 6.42 Å². The summed E-state index contributed by atoms with van der Waals surface area (Å²) in [4.78, 5) is 0. The summed E-state index contributed by atoms with van der Waals surface area (Å²) in [5.74, 6) is 0. The highest BCUT2D eigenvalue weighted by Crippen LogP contribution is 2.29. The second kappa shape index (κ2) is 4.16. The first-order chi connectivity index (χ1) is 4.77. The van der Waals surface area contributed by atoms with Crippen LogP contribution < -0.4 is 0 Å². The molecule has 0 nitrogen and oxygen atoms in total. The maximum absolute atomic E-state index is 11.6. The molecule has 0 radical (unpaired) electrons. The van der Waals surface area contributed by atoms with Crippen LogP contribution in [0.3, 0.4) is 0 Å². The molecule has 0 bridgehead atoms. The van der Waals surface area contributed by atoms with E-state index in [0.717, 1.165) is 0 Å². The Hall–Kier alpha value is 0.804. The predicted molar refractivity (Wildman–Crippen MR) is 47.3 cm³/mol. The minimum Gasteiger partial charge on any atom is -0.171 e. The van der Waals surface area contributed by atoms with E-state index in [0.29, 0.717) is 0 Å². The van der Waals surface area contributed by atoms with Gasteiger partial charge >= 0.3 is 6.18 Å². The maximum Gasteiger partial charge on any atom is 0.388 e. The topological polar surface area (TPSA) is 0 Å². The van der Waals surface area contributed by atoms with Gasteiger partial charge in [0.1, 0.15) is 0 Å². The highest BCUT2D eigenvalue weighted by atomic mass is 35.7. The van der Waals surface area contributed by atoms with E-state index in [4.69, 9.17) is 22.2 Å². The van der Waals surface area contributed by atoms with Gasteiger partial charge in [-0.3, -0.25) is 0 Å². The fourth-order valence-corrected chi connectivity index (χ4v) is 3.66. The third-order valence-corrected chi connectivity index (χ3v) is 13.4. The summed E-state index contributed by atoms with van der Waals surface area (Å²) >= 11 is 11.4. The molecule has 0 atom stereocenters. The van der Waals surface area contributed by atoms with E-state index in [1.165, 1.54) is 0 Å². The normalized spacial score (nSPS) is 14.7. The SMILES string of the molecule is C[SiH2][Si](Cl)(Cl)CCC(F)(F)F. The number of hydrogen-bond acceptors (Lipinski definition) is 0. The first-order valence-electron chi connectivity index (χ1n) is 3.21. The molecule has 0 saturated carbocycles. The van der Waals surface area contributed by atoms with Crippen molar-refractivity contribution in [1.82, 2.24) is 0 Å². The Balaban J connectivity index is 3.70. The summed E-state index contributed by atoms with van der Waals surface area (Å²) in [6, 6.07) is -0.0394. The van der Waals surface area contributed by atoms with Gasteiger partial charge < -0.3 is 0 Å². The predicted octanol–water partition coefficient (Wildman–Crippen LogP) is 2.57. The highest BCUT2D eigenvalue weighted by Gasteiger charge is 2.34. The van der Waals surface area contributed by atoms with Crippen LogP contribution in [0.25, 0.3) is 0 Å². The van der Waals surface area contributed by atoms with Gasteiger partial charge in [-0.2, -0.15) is 35.3 Å². The molecule has 0 aliphatic heterocycles. The summed E-state index contributed by atoms with van der Waals surface area (Å²) in [6.07, 6.45) is -7.36. The lowest BCUT2D eigenvalue weighted by Gasteiger charge is -2.14. The van der Waals surface area contributed by atoms with Crippen molar-refractivity contribution in [3.8, 4) is 0 Å². The molecular weight excluding hydrogens is 232 g/mol. The molecule has 0 amide bonds. The lowest BCUT2D eigenvalue weighted by molar-refractivity contribution is -0.130. The summed E-state index contributed by atoms with van der Waals surface area (Å²) in [5, 5.41) is 0. The van der Waals surface area contributed by atoms with Gasteiger partial charge in [-0.05, 0) is 6.04 Å². The molecule has 0 aromatic carbocycles. The fraction of sp³-hybridized carbons (Fsp3) is 1.00. The summed E-state index contributed by atoms with van der Waals surface area (Å²) in [7, 11) is -0.657. The first-order valence-corrected chi connectivity index (χ1v) is 11.2. The molecule has 11 heavy (non-hydrogen) atoms. The second-order valence-corrected chi connectivity index (χ2v) is 18.6. The number of rotatable bonds is 3. The fourth-order valence-electron chi connectivity index (χ4n) is 0.501. The molecule has 0 spiro atoms. The molecule has 0 unspecified atom stereocenters. The van der Waals surface area contributed by atoms with Gasteiger partial charge in [0.05, 0.1) is 0 Å². The average molecular weight is 241 g/mol. The van der Waals surface area contributed by atoms with E-state index in [-0.39, 0.29) is 6.04 Å². The lowest BCUT2D eigenvalue weighted by Crippen LogP contribution is -2.28. The van der Waals surface area contributed by atoms with E-state index in [9.17, 15) is 13.2 Å². The van der Waals surface area contributed by atoms with Gasteiger partial charge in [0, 0.05) is 15.5 Å². The Bertz CT molecular complexity index is 125. The van der Waals surface area contributed by atoms with Crippen LogP contribution in [0.4, 0.5) is 13.2 Å². The molecular formula is C4H9Cl2F3Si2. The molecule has 0 N–H and O–H groups in total. The van der Waals surface area contributed by atoms with Crippen LogP contribution in [0.15, 0.2) is 0 Å². The number of alkyl halides is 3. The van der Waals surface area contributed by atoms with Crippen molar-refractivity contribution < 1.29 is 13.2 Å². The average Bonchev–Trinajstić information content (AvgIpc) is 1.83. The van der Waals surface area contributed by atoms with Gasteiger partial charge in [0.15, 0.2) is 0 Å². The third kappa shape index (κ3) is 7.17. The van der Waals surface area contributed by atoms with Crippen molar-refractivity contribution in [3.63, 3.8) is 0 Å². The van der Waals surface area contributed by atoms with Crippen molar-refractivity contribution in [1.29, 1.82) is 0 Å².